The molecule has 1 unspecified atom stereocenters. The van der Waals surface area contributed by atoms with Crippen molar-refractivity contribution in [2.24, 2.45) is 11.1 Å². The maximum atomic E-state index is 14.5. The fraction of sp³-hybridized carbons (Fsp3) is 0.286. The Morgan fingerprint density at radius 1 is 0.857 bits per heavy atom. The van der Waals surface area contributed by atoms with E-state index in [4.69, 9.17) is 4.84 Å². The molecule has 0 fully saturated rings. The number of aromatic nitrogens is 1. The molecule has 0 aliphatic heterocycles. The first-order chi connectivity index (χ1) is 23.6. The number of oxime groups is 1. The standard InChI is InChI=1S/C42H42N2O4S/c1-7-9-13-29(8-2)24-44-36-18-17-30(41(46)39(43-48-28(6)45)37-16-12-19-49-37)22-33(36)34-23-35(31-14-10-11-15-32(31)40(34)44)42(47)38-26(4)20-25(3)21-27(38)5/h10-12,14-23,29H,7-9,13,24H2,1-6H3/b43-39-. The van der Waals surface area contributed by atoms with Gasteiger partial charge in [0.15, 0.2) is 11.5 Å². The van der Waals surface area contributed by atoms with Crippen LogP contribution in [0.25, 0.3) is 32.6 Å². The van der Waals surface area contributed by atoms with Crippen LogP contribution in [0.4, 0.5) is 0 Å². The number of thiophene rings is 1. The summed E-state index contributed by atoms with van der Waals surface area (Å²) in [7, 11) is 0. The monoisotopic (exact) mass is 670 g/mol. The van der Waals surface area contributed by atoms with Gasteiger partial charge in [-0.05, 0) is 85.3 Å². The van der Waals surface area contributed by atoms with Crippen LogP contribution in [0.5, 0.6) is 0 Å². The Hall–Kier alpha value is -4.88. The summed E-state index contributed by atoms with van der Waals surface area (Å²) in [4.78, 5) is 45.9. The summed E-state index contributed by atoms with van der Waals surface area (Å²) in [5, 5.41) is 9.57. The SMILES string of the molecule is CCCCC(CC)Cn1c2ccc(C(=O)/C(=N\OC(C)=O)c3cccs3)cc2c2cc(C(=O)c3c(C)cc(C)cc3C)c3ccccc3c21. The molecule has 0 saturated heterocycles. The van der Waals surface area contributed by atoms with E-state index in [1.807, 2.05) is 74.7 Å². The number of hydrogen-bond acceptors (Lipinski definition) is 6. The topological polar surface area (TPSA) is 77.7 Å². The highest BCUT2D eigenvalue weighted by atomic mass is 32.1. The highest BCUT2D eigenvalue weighted by molar-refractivity contribution is 7.13. The van der Waals surface area contributed by atoms with Crippen LogP contribution in [-0.2, 0) is 16.2 Å². The van der Waals surface area contributed by atoms with Crippen LogP contribution in [0.1, 0.15) is 94.3 Å². The summed E-state index contributed by atoms with van der Waals surface area (Å²) in [6.45, 7) is 12.6. The van der Waals surface area contributed by atoms with E-state index < -0.39 is 5.97 Å². The number of nitrogens with zero attached hydrogens (tertiary/aromatic N) is 2. The van der Waals surface area contributed by atoms with Crippen molar-refractivity contribution in [3.8, 4) is 0 Å². The molecule has 0 aliphatic carbocycles. The van der Waals surface area contributed by atoms with Crippen molar-refractivity contribution in [3.63, 3.8) is 0 Å². The molecular formula is C42H42N2O4S. The Morgan fingerprint density at radius 2 is 1.59 bits per heavy atom. The maximum absolute atomic E-state index is 14.5. The number of hydrogen-bond donors (Lipinski definition) is 0. The van der Waals surface area contributed by atoms with Gasteiger partial charge in [0.25, 0.3) is 0 Å². The molecule has 250 valence electrons. The lowest BCUT2D eigenvalue weighted by Gasteiger charge is -2.19. The zero-order valence-electron chi connectivity index (χ0n) is 29.1. The molecule has 0 bridgehead atoms. The lowest BCUT2D eigenvalue weighted by molar-refractivity contribution is -0.140. The summed E-state index contributed by atoms with van der Waals surface area (Å²) in [5.41, 5.74) is 6.97. The van der Waals surface area contributed by atoms with E-state index in [0.717, 1.165) is 87.1 Å². The molecule has 49 heavy (non-hydrogen) atoms. The van der Waals surface area contributed by atoms with E-state index in [2.05, 4.69) is 41.8 Å². The van der Waals surface area contributed by atoms with Gasteiger partial charge < -0.3 is 9.40 Å². The first kappa shape index (κ1) is 34.0. The van der Waals surface area contributed by atoms with E-state index in [-0.39, 0.29) is 17.3 Å². The number of ketones is 2. The minimum Gasteiger partial charge on any atom is -0.340 e. The highest BCUT2D eigenvalue weighted by Crippen LogP contribution is 2.39. The van der Waals surface area contributed by atoms with Gasteiger partial charge in [0.2, 0.25) is 5.78 Å². The van der Waals surface area contributed by atoms with Crippen LogP contribution < -0.4 is 0 Å². The van der Waals surface area contributed by atoms with Gasteiger partial charge in [0, 0.05) is 51.8 Å². The molecule has 2 heterocycles. The third-order valence-electron chi connectivity index (χ3n) is 9.49. The van der Waals surface area contributed by atoms with E-state index >= 15 is 0 Å². The number of fused-ring (bicyclic) bond motifs is 5. The lowest BCUT2D eigenvalue weighted by Crippen LogP contribution is -2.16. The van der Waals surface area contributed by atoms with Crippen molar-refractivity contribution < 1.29 is 19.2 Å². The summed E-state index contributed by atoms with van der Waals surface area (Å²) in [6.07, 6.45) is 4.48. The first-order valence-electron chi connectivity index (χ1n) is 17.1. The van der Waals surface area contributed by atoms with Crippen molar-refractivity contribution in [1.29, 1.82) is 0 Å². The van der Waals surface area contributed by atoms with Gasteiger partial charge in [-0.3, -0.25) is 9.59 Å². The Bertz CT molecular complexity index is 2230. The van der Waals surface area contributed by atoms with Crippen molar-refractivity contribution in [2.45, 2.75) is 73.8 Å². The Balaban J connectivity index is 1.63. The molecule has 1 atom stereocenters. The minimum absolute atomic E-state index is 0.0101. The van der Waals surface area contributed by atoms with Gasteiger partial charge in [-0.1, -0.05) is 86.3 Å². The summed E-state index contributed by atoms with van der Waals surface area (Å²) in [6, 6.07) is 23.7. The second-order valence-electron chi connectivity index (χ2n) is 13.1. The summed E-state index contributed by atoms with van der Waals surface area (Å²) < 4.78 is 2.40. The molecule has 7 heteroatoms. The third kappa shape index (κ3) is 6.60. The van der Waals surface area contributed by atoms with Crippen LogP contribution in [0, 0.1) is 26.7 Å². The Kier molecular flexibility index (Phi) is 9.93. The second kappa shape index (κ2) is 14.3. The van der Waals surface area contributed by atoms with Crippen LogP contribution >= 0.6 is 11.3 Å². The van der Waals surface area contributed by atoms with Crippen molar-refractivity contribution in [2.75, 3.05) is 0 Å². The predicted octanol–water partition coefficient (Wildman–Crippen LogP) is 10.5. The van der Waals surface area contributed by atoms with Crippen molar-refractivity contribution >= 4 is 67.2 Å². The molecule has 6 aromatic rings. The fourth-order valence-electron chi connectivity index (χ4n) is 7.19. The van der Waals surface area contributed by atoms with Gasteiger partial charge in [-0.2, -0.15) is 0 Å². The molecule has 4 aromatic carbocycles. The molecule has 6 nitrogen and oxygen atoms in total. The van der Waals surface area contributed by atoms with Crippen molar-refractivity contribution in [1.82, 2.24) is 4.57 Å². The lowest BCUT2D eigenvalue weighted by atomic mass is 9.89. The molecule has 0 N–H and O–H groups in total. The normalized spacial score (nSPS) is 12.6. The van der Waals surface area contributed by atoms with E-state index in [1.54, 1.807) is 6.07 Å². The van der Waals surface area contributed by atoms with Gasteiger partial charge in [0.05, 0.1) is 10.4 Å². The fourth-order valence-corrected chi connectivity index (χ4v) is 7.89. The van der Waals surface area contributed by atoms with Gasteiger partial charge >= 0.3 is 5.97 Å². The van der Waals surface area contributed by atoms with Crippen LogP contribution in [-0.4, -0.2) is 27.8 Å². The number of carbonyl (C=O) groups is 3. The number of benzene rings is 4. The first-order valence-corrected chi connectivity index (χ1v) is 17.9. The van der Waals surface area contributed by atoms with Crippen LogP contribution in [0.3, 0.4) is 0 Å². The van der Waals surface area contributed by atoms with Crippen molar-refractivity contribution in [3.05, 3.63) is 116 Å². The average molecular weight is 671 g/mol. The number of rotatable bonds is 12. The molecule has 0 spiro atoms. The number of aryl methyl sites for hydroxylation is 3. The van der Waals surface area contributed by atoms with Gasteiger partial charge in [0.1, 0.15) is 0 Å². The van der Waals surface area contributed by atoms with E-state index in [9.17, 15) is 14.4 Å². The third-order valence-corrected chi connectivity index (χ3v) is 10.4. The molecule has 0 radical (unpaired) electrons. The maximum Gasteiger partial charge on any atom is 0.332 e. The largest absolute Gasteiger partial charge is 0.340 e. The minimum atomic E-state index is -0.600. The van der Waals surface area contributed by atoms with Gasteiger partial charge in [-0.25, -0.2) is 4.79 Å². The number of Topliss-reactive ketones (excluding diaryl/α,β-unsaturated/α-hetero) is 1. The van der Waals surface area contributed by atoms with E-state index in [0.29, 0.717) is 21.9 Å². The van der Waals surface area contributed by atoms with Crippen LogP contribution in [0.2, 0.25) is 0 Å². The number of carbonyl (C=O) groups excluding carboxylic acids is 3. The zero-order valence-corrected chi connectivity index (χ0v) is 29.9. The van der Waals surface area contributed by atoms with Gasteiger partial charge in [-0.15, -0.1) is 11.3 Å². The van der Waals surface area contributed by atoms with E-state index in [1.165, 1.54) is 18.3 Å². The quantitative estimate of drug-likeness (QED) is 0.0562. The Labute approximate surface area is 291 Å². The molecule has 0 saturated carbocycles. The molecule has 2 aromatic heterocycles. The number of unbranched alkanes of at least 4 members (excludes halogenated alkanes) is 1. The molecule has 0 amide bonds. The summed E-state index contributed by atoms with van der Waals surface area (Å²) in [5.74, 6) is -0.482. The smallest absolute Gasteiger partial charge is 0.332 e. The second-order valence-corrected chi connectivity index (χ2v) is 14.0. The average Bonchev–Trinajstić information content (AvgIpc) is 3.72. The zero-order chi connectivity index (χ0) is 34.8. The molecule has 6 rings (SSSR count). The predicted molar refractivity (Wildman–Crippen MR) is 201 cm³/mol. The van der Waals surface area contributed by atoms with Crippen LogP contribution in [0.15, 0.2) is 83.3 Å². The molecular weight excluding hydrogens is 629 g/mol. The molecule has 0 aliphatic rings. The highest BCUT2D eigenvalue weighted by Gasteiger charge is 2.25. The summed E-state index contributed by atoms with van der Waals surface area (Å²) >= 11 is 1.35. The Morgan fingerprint density at radius 3 is 2.24 bits per heavy atom.